The average Bonchev–Trinajstić information content (AvgIpc) is 3.43. The Hall–Kier alpha value is -4.93. The summed E-state index contributed by atoms with van der Waals surface area (Å²) in [6.07, 6.45) is 0.579. The number of fused-ring (bicyclic) bond motifs is 1. The highest BCUT2D eigenvalue weighted by Crippen LogP contribution is 2.38. The largest absolute Gasteiger partial charge is 0.476 e. The predicted octanol–water partition coefficient (Wildman–Crippen LogP) is 4.41. The van der Waals surface area contributed by atoms with E-state index in [4.69, 9.17) is 4.74 Å². The van der Waals surface area contributed by atoms with E-state index in [0.717, 1.165) is 18.2 Å². The Bertz CT molecular complexity index is 1890. The molecule has 13 nitrogen and oxygen atoms in total. The number of aromatic nitrogens is 2. The molecule has 2 aliphatic heterocycles. The first-order valence-corrected chi connectivity index (χ1v) is 15.3. The molecule has 2 N–H and O–H groups in total. The highest BCUT2D eigenvalue weighted by Gasteiger charge is 2.38. The first-order valence-electron chi connectivity index (χ1n) is 13.9. The first kappa shape index (κ1) is 30.1. The number of nitrogens with zero attached hydrogens (tertiary/aromatic N) is 5. The Morgan fingerprint density at radius 2 is 1.76 bits per heavy atom. The number of carbonyl (C=O) groups is 1. The number of nitrogens with one attached hydrogen (secondary N) is 1. The number of piperazine rings is 1. The fraction of sp³-hybridized carbons (Fsp3) is 0.241. The predicted molar refractivity (Wildman–Crippen MR) is 156 cm³/mol. The van der Waals surface area contributed by atoms with Gasteiger partial charge >= 0.3 is 5.97 Å². The summed E-state index contributed by atoms with van der Waals surface area (Å²) in [5, 5.41) is 29.4. The van der Waals surface area contributed by atoms with Gasteiger partial charge in [0.25, 0.3) is 5.69 Å². The van der Waals surface area contributed by atoms with E-state index in [1.54, 1.807) is 12.1 Å². The third kappa shape index (κ3) is 5.70. The van der Waals surface area contributed by atoms with Crippen molar-refractivity contribution in [1.29, 1.82) is 0 Å². The second-order valence-electron chi connectivity index (χ2n) is 10.4. The molecular formula is C29H26F2N6O7S. The van der Waals surface area contributed by atoms with Gasteiger partial charge in [0.15, 0.2) is 22.2 Å². The number of sulfonamides is 1. The summed E-state index contributed by atoms with van der Waals surface area (Å²) in [6.45, 7) is 1.21. The van der Waals surface area contributed by atoms with Crippen LogP contribution in [0.2, 0.25) is 0 Å². The maximum absolute atomic E-state index is 14.0. The number of para-hydroxylation sites is 1. The standard InChI is InChI=1S/C29H26F2N6O7S/c30-18-5-10-24(21(31)17-18)44-20-8-6-19(7-9-20)36-28(29(38)39)27-26(33-36)23(11-12-32-27)34-13-15-35(16-14-34)45(42,43)25-4-2-1-3-22(25)37(40)41/h1-10,17,23,32H,11-16H2,(H,38,39)/t23-/m1/s1. The van der Waals surface area contributed by atoms with Crippen LogP contribution in [0.1, 0.15) is 28.6 Å². The average molecular weight is 641 g/mol. The lowest BCUT2D eigenvalue weighted by Crippen LogP contribution is -2.50. The number of rotatable bonds is 8. The van der Waals surface area contributed by atoms with E-state index in [1.165, 1.54) is 39.3 Å². The van der Waals surface area contributed by atoms with Crippen LogP contribution in [-0.2, 0) is 10.0 Å². The van der Waals surface area contributed by atoms with E-state index in [0.29, 0.717) is 49.2 Å². The number of hydrogen-bond acceptors (Lipinski definition) is 9. The monoisotopic (exact) mass is 640 g/mol. The van der Waals surface area contributed by atoms with Crippen LogP contribution in [0, 0.1) is 21.7 Å². The van der Waals surface area contributed by atoms with E-state index in [1.807, 2.05) is 4.90 Å². The molecule has 2 aliphatic rings. The maximum atomic E-state index is 14.0. The molecule has 1 fully saturated rings. The van der Waals surface area contributed by atoms with Crippen molar-refractivity contribution in [3.63, 3.8) is 0 Å². The zero-order valence-corrected chi connectivity index (χ0v) is 24.3. The molecule has 234 valence electrons. The van der Waals surface area contributed by atoms with Crippen molar-refractivity contribution in [2.75, 3.05) is 38.0 Å². The summed E-state index contributed by atoms with van der Waals surface area (Å²) < 4.78 is 61.9. The molecule has 0 spiro atoms. The normalized spacial score (nSPS) is 17.3. The summed E-state index contributed by atoms with van der Waals surface area (Å²) >= 11 is 0. The number of anilines is 1. The summed E-state index contributed by atoms with van der Waals surface area (Å²) in [5.74, 6) is -2.76. The fourth-order valence-electron chi connectivity index (χ4n) is 5.61. The van der Waals surface area contributed by atoms with E-state index in [9.17, 15) is 37.2 Å². The quantitative estimate of drug-likeness (QED) is 0.209. The Morgan fingerprint density at radius 1 is 1.04 bits per heavy atom. The van der Waals surface area contributed by atoms with Gasteiger partial charge < -0.3 is 15.2 Å². The third-order valence-corrected chi connectivity index (χ3v) is 9.69. The number of nitro benzene ring substituents is 1. The maximum Gasteiger partial charge on any atom is 0.356 e. The van der Waals surface area contributed by atoms with Crippen molar-refractivity contribution < 1.29 is 36.8 Å². The van der Waals surface area contributed by atoms with Crippen LogP contribution in [-0.4, -0.2) is 76.1 Å². The van der Waals surface area contributed by atoms with Crippen molar-refractivity contribution in [3.8, 4) is 17.2 Å². The topological polar surface area (TPSA) is 160 Å². The highest BCUT2D eigenvalue weighted by atomic mass is 32.2. The van der Waals surface area contributed by atoms with Gasteiger partial charge in [0, 0.05) is 44.9 Å². The SMILES string of the molecule is O=C(O)c1c2c(nn1-c1ccc(Oc3ccc(F)cc3F)cc1)[C@H](N1CCN(S(=O)(=O)c3ccccc3[N+](=O)[O-])CC1)CCN2. The number of benzene rings is 3. The van der Waals surface area contributed by atoms with Crippen molar-refractivity contribution in [2.24, 2.45) is 0 Å². The van der Waals surface area contributed by atoms with Crippen LogP contribution in [0.25, 0.3) is 5.69 Å². The van der Waals surface area contributed by atoms with Crippen LogP contribution in [0.4, 0.5) is 20.2 Å². The zero-order valence-electron chi connectivity index (χ0n) is 23.5. The number of halogens is 2. The van der Waals surface area contributed by atoms with Gasteiger partial charge in [0.1, 0.15) is 17.3 Å². The van der Waals surface area contributed by atoms with Crippen molar-refractivity contribution in [1.82, 2.24) is 19.0 Å². The molecule has 0 bridgehead atoms. The Balaban J connectivity index is 1.23. The molecule has 1 aromatic heterocycles. The molecular weight excluding hydrogens is 614 g/mol. The van der Waals surface area contributed by atoms with Crippen LogP contribution in [0.3, 0.4) is 0 Å². The van der Waals surface area contributed by atoms with Crippen molar-refractivity contribution in [2.45, 2.75) is 17.4 Å². The molecule has 4 aromatic rings. The smallest absolute Gasteiger partial charge is 0.356 e. The van der Waals surface area contributed by atoms with Gasteiger partial charge in [-0.2, -0.15) is 9.40 Å². The molecule has 1 atom stereocenters. The van der Waals surface area contributed by atoms with E-state index in [2.05, 4.69) is 10.4 Å². The minimum Gasteiger partial charge on any atom is -0.476 e. The molecule has 0 unspecified atom stereocenters. The summed E-state index contributed by atoms with van der Waals surface area (Å²) in [4.78, 5) is 24.8. The van der Waals surface area contributed by atoms with Gasteiger partial charge in [-0.05, 0) is 48.9 Å². The second-order valence-corrected chi connectivity index (χ2v) is 12.3. The van der Waals surface area contributed by atoms with Crippen molar-refractivity contribution in [3.05, 3.63) is 99.9 Å². The molecule has 0 radical (unpaired) electrons. The number of carboxylic acid groups (broad SMARTS) is 1. The molecule has 0 amide bonds. The number of aromatic carboxylic acids is 1. The molecule has 6 rings (SSSR count). The van der Waals surface area contributed by atoms with Gasteiger partial charge in [-0.25, -0.2) is 26.7 Å². The number of carboxylic acids is 1. The molecule has 1 saturated heterocycles. The highest BCUT2D eigenvalue weighted by molar-refractivity contribution is 7.89. The molecule has 16 heteroatoms. The number of ether oxygens (including phenoxy) is 1. The van der Waals surface area contributed by atoms with E-state index >= 15 is 0 Å². The minimum absolute atomic E-state index is 0.0796. The molecule has 3 heterocycles. The van der Waals surface area contributed by atoms with Gasteiger partial charge in [0.05, 0.1) is 22.3 Å². The summed E-state index contributed by atoms with van der Waals surface area (Å²) in [7, 11) is -4.12. The number of hydrogen-bond donors (Lipinski definition) is 2. The summed E-state index contributed by atoms with van der Waals surface area (Å²) in [5.41, 5.74) is 0.655. The second kappa shape index (κ2) is 11.9. The molecule has 45 heavy (non-hydrogen) atoms. The van der Waals surface area contributed by atoms with Crippen LogP contribution in [0.5, 0.6) is 11.5 Å². The Morgan fingerprint density at radius 3 is 2.42 bits per heavy atom. The minimum atomic E-state index is -4.12. The lowest BCUT2D eigenvalue weighted by atomic mass is 10.0. The molecule has 0 saturated carbocycles. The van der Waals surface area contributed by atoms with E-state index < -0.39 is 38.2 Å². The Labute approximate surface area is 255 Å². The molecule has 3 aromatic carbocycles. The van der Waals surface area contributed by atoms with Crippen LogP contribution in [0.15, 0.2) is 71.6 Å². The zero-order chi connectivity index (χ0) is 31.9. The Kier molecular flexibility index (Phi) is 7.94. The van der Waals surface area contributed by atoms with Gasteiger partial charge in [-0.15, -0.1) is 0 Å². The van der Waals surface area contributed by atoms with Crippen molar-refractivity contribution >= 4 is 27.4 Å². The van der Waals surface area contributed by atoms with Gasteiger partial charge in [0.2, 0.25) is 10.0 Å². The van der Waals surface area contributed by atoms with Gasteiger partial charge in [-0.1, -0.05) is 12.1 Å². The third-order valence-electron chi connectivity index (χ3n) is 7.75. The van der Waals surface area contributed by atoms with Gasteiger partial charge in [-0.3, -0.25) is 15.0 Å². The molecule has 0 aliphatic carbocycles. The fourth-order valence-corrected chi connectivity index (χ4v) is 7.19. The summed E-state index contributed by atoms with van der Waals surface area (Å²) in [6, 6.07) is 14.0. The van der Waals surface area contributed by atoms with E-state index in [-0.39, 0.29) is 41.2 Å². The lowest BCUT2D eigenvalue weighted by molar-refractivity contribution is -0.387. The van der Waals surface area contributed by atoms with Crippen LogP contribution >= 0.6 is 0 Å². The lowest BCUT2D eigenvalue weighted by Gasteiger charge is -2.39. The first-order chi connectivity index (χ1) is 21.5. The van der Waals surface area contributed by atoms with Crippen LogP contribution < -0.4 is 10.1 Å². The number of nitro groups is 1.